The largest absolute Gasteiger partial charge is 0.381 e. The van der Waals surface area contributed by atoms with Crippen LogP contribution in [0.1, 0.15) is 49.4 Å². The molecule has 1 amide bonds. The van der Waals surface area contributed by atoms with Crippen LogP contribution >= 0.6 is 0 Å². The van der Waals surface area contributed by atoms with Gasteiger partial charge in [-0.05, 0) is 38.3 Å². The molecule has 1 aromatic heterocycles. The molecule has 0 aromatic carbocycles. The number of hydrogen-bond acceptors (Lipinski definition) is 4. The molecule has 0 radical (unpaired) electrons. The second-order valence-corrected chi connectivity index (χ2v) is 6.87. The molecule has 1 atom stereocenters. The number of hydrogen-bond donors (Lipinski definition) is 0. The van der Waals surface area contributed by atoms with Crippen LogP contribution in [0.5, 0.6) is 0 Å². The predicted molar refractivity (Wildman–Crippen MR) is 95.4 cm³/mol. The Morgan fingerprint density at radius 1 is 1.21 bits per heavy atom. The first-order valence-corrected chi connectivity index (χ1v) is 9.36. The van der Waals surface area contributed by atoms with Crippen molar-refractivity contribution in [3.05, 3.63) is 23.9 Å². The van der Waals surface area contributed by atoms with Crippen LogP contribution in [0.4, 0.5) is 5.82 Å². The summed E-state index contributed by atoms with van der Waals surface area (Å²) < 4.78 is 5.49. The molecule has 0 bridgehead atoms. The lowest BCUT2D eigenvalue weighted by molar-refractivity contribution is 0.0762. The van der Waals surface area contributed by atoms with E-state index in [-0.39, 0.29) is 5.91 Å². The van der Waals surface area contributed by atoms with Gasteiger partial charge in [-0.15, -0.1) is 0 Å². The molecule has 2 aliphatic rings. The number of anilines is 1. The number of carbonyl (C=O) groups is 1. The van der Waals surface area contributed by atoms with Gasteiger partial charge in [0.2, 0.25) is 0 Å². The van der Waals surface area contributed by atoms with Crippen LogP contribution in [0.3, 0.4) is 0 Å². The Morgan fingerprint density at radius 3 is 2.67 bits per heavy atom. The molecule has 132 valence electrons. The smallest absolute Gasteiger partial charge is 0.255 e. The molecular weight excluding hydrogens is 302 g/mol. The van der Waals surface area contributed by atoms with E-state index in [2.05, 4.69) is 9.88 Å². The second-order valence-electron chi connectivity index (χ2n) is 6.87. The van der Waals surface area contributed by atoms with Gasteiger partial charge in [0.05, 0.1) is 12.2 Å². The second kappa shape index (κ2) is 8.47. The first-order chi connectivity index (χ1) is 11.8. The van der Waals surface area contributed by atoms with Crippen molar-refractivity contribution in [3.63, 3.8) is 0 Å². The summed E-state index contributed by atoms with van der Waals surface area (Å²) in [4.78, 5) is 21.5. The highest BCUT2D eigenvalue weighted by atomic mass is 16.5. The average molecular weight is 331 g/mol. The number of likely N-dealkylation sites (tertiary alicyclic amines) is 1. The zero-order valence-electron chi connectivity index (χ0n) is 14.7. The Hall–Kier alpha value is -1.62. The maximum absolute atomic E-state index is 12.6. The lowest BCUT2D eigenvalue weighted by Gasteiger charge is -2.22. The van der Waals surface area contributed by atoms with E-state index in [4.69, 9.17) is 4.74 Å². The first kappa shape index (κ1) is 17.2. The van der Waals surface area contributed by atoms with Crippen molar-refractivity contribution < 1.29 is 9.53 Å². The topological polar surface area (TPSA) is 45.7 Å². The molecule has 5 nitrogen and oxygen atoms in total. The molecular formula is C19H29N3O2. The molecule has 24 heavy (non-hydrogen) atoms. The number of amides is 1. The van der Waals surface area contributed by atoms with E-state index >= 15 is 0 Å². The molecule has 2 fully saturated rings. The summed E-state index contributed by atoms with van der Waals surface area (Å²) in [6.45, 7) is 7.28. The Labute approximate surface area is 145 Å². The highest BCUT2D eigenvalue weighted by molar-refractivity contribution is 5.94. The molecule has 5 heteroatoms. The molecule has 0 aliphatic carbocycles. The number of pyridine rings is 1. The third-order valence-corrected chi connectivity index (χ3v) is 5.06. The third kappa shape index (κ3) is 4.26. The monoisotopic (exact) mass is 331 g/mol. The van der Waals surface area contributed by atoms with Crippen LogP contribution in [0.2, 0.25) is 0 Å². The van der Waals surface area contributed by atoms with Crippen LogP contribution in [-0.4, -0.2) is 55.2 Å². The van der Waals surface area contributed by atoms with Gasteiger partial charge in [0, 0.05) is 44.9 Å². The molecule has 0 spiro atoms. The van der Waals surface area contributed by atoms with Gasteiger partial charge < -0.3 is 14.5 Å². The van der Waals surface area contributed by atoms with Crippen LogP contribution in [0.15, 0.2) is 18.3 Å². The minimum atomic E-state index is 0.101. The lowest BCUT2D eigenvalue weighted by Crippen LogP contribution is -2.30. The van der Waals surface area contributed by atoms with E-state index < -0.39 is 0 Å². The SMILES string of the molecule is CCOCC1CCN(C(=O)c2ccc(N3CCCCCC3)nc2)C1. The maximum Gasteiger partial charge on any atom is 0.255 e. The van der Waals surface area contributed by atoms with Crippen molar-refractivity contribution in [2.24, 2.45) is 5.92 Å². The highest BCUT2D eigenvalue weighted by Crippen LogP contribution is 2.21. The Balaban J connectivity index is 1.58. The van der Waals surface area contributed by atoms with Gasteiger partial charge in [0.15, 0.2) is 0 Å². The summed E-state index contributed by atoms with van der Waals surface area (Å²) in [5.74, 6) is 1.58. The fourth-order valence-electron chi connectivity index (χ4n) is 3.62. The zero-order valence-corrected chi connectivity index (χ0v) is 14.7. The van der Waals surface area contributed by atoms with Gasteiger partial charge >= 0.3 is 0 Å². The van der Waals surface area contributed by atoms with E-state index in [0.717, 1.165) is 51.6 Å². The predicted octanol–water partition coefficient (Wildman–Crippen LogP) is 2.96. The van der Waals surface area contributed by atoms with Crippen molar-refractivity contribution in [3.8, 4) is 0 Å². The summed E-state index contributed by atoms with van der Waals surface area (Å²) >= 11 is 0. The van der Waals surface area contributed by atoms with Gasteiger partial charge in [0.25, 0.3) is 5.91 Å². The summed E-state index contributed by atoms with van der Waals surface area (Å²) in [5.41, 5.74) is 0.700. The van der Waals surface area contributed by atoms with Crippen LogP contribution in [0.25, 0.3) is 0 Å². The molecule has 2 aliphatic heterocycles. The van der Waals surface area contributed by atoms with Crippen LogP contribution in [-0.2, 0) is 4.74 Å². The maximum atomic E-state index is 12.6. The number of aromatic nitrogens is 1. The van der Waals surface area contributed by atoms with Gasteiger partial charge in [-0.3, -0.25) is 4.79 Å². The molecule has 3 heterocycles. The van der Waals surface area contributed by atoms with Crippen molar-refractivity contribution in [2.45, 2.75) is 39.0 Å². The number of rotatable bonds is 5. The first-order valence-electron chi connectivity index (χ1n) is 9.36. The number of ether oxygens (including phenoxy) is 1. The fourth-order valence-corrected chi connectivity index (χ4v) is 3.62. The van der Waals surface area contributed by atoms with E-state index in [1.165, 1.54) is 25.7 Å². The minimum absolute atomic E-state index is 0.101. The standard InChI is InChI=1S/C19H29N3O2/c1-2-24-15-16-9-12-22(14-16)19(23)17-7-8-18(20-13-17)21-10-5-3-4-6-11-21/h7-8,13,16H,2-6,9-12,14-15H2,1H3. The molecule has 3 rings (SSSR count). The third-order valence-electron chi connectivity index (χ3n) is 5.06. The van der Waals surface area contributed by atoms with Gasteiger partial charge in [-0.1, -0.05) is 12.8 Å². The fraction of sp³-hybridized carbons (Fsp3) is 0.684. The van der Waals surface area contributed by atoms with E-state index in [9.17, 15) is 4.79 Å². The molecule has 0 saturated carbocycles. The van der Waals surface area contributed by atoms with Crippen molar-refractivity contribution in [1.29, 1.82) is 0 Å². The summed E-state index contributed by atoms with van der Waals surface area (Å²) in [7, 11) is 0. The van der Waals surface area contributed by atoms with Gasteiger partial charge in [-0.25, -0.2) is 4.98 Å². The number of nitrogens with zero attached hydrogens (tertiary/aromatic N) is 3. The molecule has 1 aromatic rings. The van der Waals surface area contributed by atoms with Gasteiger partial charge in [-0.2, -0.15) is 0 Å². The normalized spacial score (nSPS) is 21.8. The van der Waals surface area contributed by atoms with E-state index in [1.54, 1.807) is 6.20 Å². The molecule has 1 unspecified atom stereocenters. The lowest BCUT2D eigenvalue weighted by atomic mass is 10.1. The molecule has 2 saturated heterocycles. The van der Waals surface area contributed by atoms with Crippen LogP contribution in [0, 0.1) is 5.92 Å². The van der Waals surface area contributed by atoms with E-state index in [0.29, 0.717) is 11.5 Å². The Kier molecular flexibility index (Phi) is 6.07. The zero-order chi connectivity index (χ0) is 16.8. The van der Waals surface area contributed by atoms with Crippen molar-refractivity contribution in [1.82, 2.24) is 9.88 Å². The minimum Gasteiger partial charge on any atom is -0.381 e. The summed E-state index contributed by atoms with van der Waals surface area (Å²) in [6, 6.07) is 3.94. The number of carbonyl (C=O) groups excluding carboxylic acids is 1. The van der Waals surface area contributed by atoms with Crippen molar-refractivity contribution >= 4 is 11.7 Å². The summed E-state index contributed by atoms with van der Waals surface area (Å²) in [6.07, 6.45) is 7.87. The van der Waals surface area contributed by atoms with Gasteiger partial charge in [0.1, 0.15) is 5.82 Å². The summed E-state index contributed by atoms with van der Waals surface area (Å²) in [5, 5.41) is 0. The van der Waals surface area contributed by atoms with Crippen molar-refractivity contribution in [2.75, 3.05) is 44.3 Å². The van der Waals surface area contributed by atoms with E-state index in [1.807, 2.05) is 24.0 Å². The average Bonchev–Trinajstić information content (AvgIpc) is 2.92. The quantitative estimate of drug-likeness (QED) is 0.832. The Bertz CT molecular complexity index is 524. The van der Waals surface area contributed by atoms with Crippen LogP contribution < -0.4 is 4.90 Å². The highest BCUT2D eigenvalue weighted by Gasteiger charge is 2.27. The molecule has 0 N–H and O–H groups in total. The Morgan fingerprint density at radius 2 is 2.00 bits per heavy atom.